The summed E-state index contributed by atoms with van der Waals surface area (Å²) >= 11 is 3.25. The molecule has 0 unspecified atom stereocenters. The topological polar surface area (TPSA) is 46.6 Å². The molecule has 2 amide bonds. The monoisotopic (exact) mass is 281 g/mol. The molecule has 0 fully saturated rings. The number of amides is 2. The maximum absolute atomic E-state index is 11.8. The highest BCUT2D eigenvalue weighted by molar-refractivity contribution is 9.10. The first kappa shape index (κ1) is 11.0. The standard InChI is InChI=1S/C11H8BrNO3/c1-2-5-16-13-10(14)8-4-3-7(12)6-9(8)11(13)15/h2-4,6H,1,5H2. The number of fused-ring (bicyclic) bond motifs is 1. The zero-order chi connectivity index (χ0) is 11.7. The van der Waals surface area contributed by atoms with Gasteiger partial charge in [-0.15, -0.1) is 11.6 Å². The van der Waals surface area contributed by atoms with Crippen LogP contribution in [-0.2, 0) is 4.84 Å². The Bertz CT molecular complexity index is 484. The van der Waals surface area contributed by atoms with Crippen molar-refractivity contribution >= 4 is 27.7 Å². The minimum Gasteiger partial charge on any atom is -0.266 e. The van der Waals surface area contributed by atoms with Crippen LogP contribution in [0.3, 0.4) is 0 Å². The number of hydroxylamine groups is 2. The molecule has 1 aliphatic heterocycles. The van der Waals surface area contributed by atoms with Gasteiger partial charge in [0.15, 0.2) is 0 Å². The fraction of sp³-hybridized carbons (Fsp3) is 0.0909. The SMILES string of the molecule is C=CCON1C(=O)c2ccc(Br)cc2C1=O. The molecule has 1 heterocycles. The Morgan fingerprint density at radius 2 is 2.00 bits per heavy atom. The molecule has 1 aromatic rings. The van der Waals surface area contributed by atoms with Gasteiger partial charge in [0.2, 0.25) is 0 Å². The first-order valence-electron chi connectivity index (χ1n) is 4.57. The van der Waals surface area contributed by atoms with Gasteiger partial charge in [0.05, 0.1) is 17.7 Å². The van der Waals surface area contributed by atoms with E-state index in [0.717, 1.165) is 9.54 Å². The highest BCUT2D eigenvalue weighted by atomic mass is 79.9. The van der Waals surface area contributed by atoms with E-state index in [1.54, 1.807) is 18.2 Å². The Morgan fingerprint density at radius 1 is 1.31 bits per heavy atom. The van der Waals surface area contributed by atoms with Crippen molar-refractivity contribution in [2.45, 2.75) is 0 Å². The summed E-state index contributed by atoms with van der Waals surface area (Å²) in [5, 5.41) is 0.763. The Balaban J connectivity index is 2.36. The number of carbonyl (C=O) groups excluding carboxylic acids is 2. The second-order valence-corrected chi connectivity index (χ2v) is 4.09. The van der Waals surface area contributed by atoms with E-state index in [1.807, 2.05) is 0 Å². The summed E-state index contributed by atoms with van der Waals surface area (Å²) in [7, 11) is 0. The molecule has 0 saturated heterocycles. The van der Waals surface area contributed by atoms with Crippen molar-refractivity contribution in [2.75, 3.05) is 6.61 Å². The van der Waals surface area contributed by atoms with E-state index in [2.05, 4.69) is 22.5 Å². The van der Waals surface area contributed by atoms with Crippen LogP contribution in [0.1, 0.15) is 20.7 Å². The molecular formula is C11H8BrNO3. The van der Waals surface area contributed by atoms with Crippen molar-refractivity contribution in [3.63, 3.8) is 0 Å². The quantitative estimate of drug-likeness (QED) is 0.630. The first-order chi connectivity index (χ1) is 7.65. The first-order valence-corrected chi connectivity index (χ1v) is 5.36. The molecule has 1 aromatic carbocycles. The largest absolute Gasteiger partial charge is 0.285 e. The van der Waals surface area contributed by atoms with E-state index >= 15 is 0 Å². The van der Waals surface area contributed by atoms with Gasteiger partial charge in [0.25, 0.3) is 11.8 Å². The molecule has 1 aliphatic rings. The van der Waals surface area contributed by atoms with Crippen LogP contribution in [-0.4, -0.2) is 23.5 Å². The van der Waals surface area contributed by atoms with Crippen LogP contribution < -0.4 is 0 Å². The average Bonchev–Trinajstić information content (AvgIpc) is 2.50. The highest BCUT2D eigenvalue weighted by Crippen LogP contribution is 2.25. The molecule has 0 aromatic heterocycles. The van der Waals surface area contributed by atoms with Crippen molar-refractivity contribution in [1.29, 1.82) is 0 Å². The number of imide groups is 1. The molecule has 82 valence electrons. The molecule has 0 radical (unpaired) electrons. The van der Waals surface area contributed by atoms with Crippen LogP contribution in [0.2, 0.25) is 0 Å². The van der Waals surface area contributed by atoms with E-state index in [-0.39, 0.29) is 6.61 Å². The average molecular weight is 282 g/mol. The number of halogens is 1. The Labute approximate surface area is 101 Å². The third-order valence-electron chi connectivity index (χ3n) is 2.13. The third kappa shape index (κ3) is 1.68. The minimum atomic E-state index is -0.442. The molecular weight excluding hydrogens is 274 g/mol. The fourth-order valence-electron chi connectivity index (χ4n) is 1.44. The van der Waals surface area contributed by atoms with E-state index < -0.39 is 11.8 Å². The van der Waals surface area contributed by atoms with Crippen molar-refractivity contribution < 1.29 is 14.4 Å². The van der Waals surface area contributed by atoms with E-state index in [4.69, 9.17) is 4.84 Å². The molecule has 2 rings (SSSR count). The number of hydrogen-bond donors (Lipinski definition) is 0. The third-order valence-corrected chi connectivity index (χ3v) is 2.63. The molecule has 0 N–H and O–H groups in total. The molecule has 0 atom stereocenters. The Kier molecular flexibility index (Phi) is 2.89. The molecule has 4 nitrogen and oxygen atoms in total. The van der Waals surface area contributed by atoms with Crippen LogP contribution in [0.15, 0.2) is 35.3 Å². The normalized spacial score (nSPS) is 14.2. The van der Waals surface area contributed by atoms with Crippen LogP contribution in [0.5, 0.6) is 0 Å². The summed E-state index contributed by atoms with van der Waals surface area (Å²) in [5.41, 5.74) is 0.709. The van der Waals surface area contributed by atoms with Gasteiger partial charge in [0, 0.05) is 4.47 Å². The van der Waals surface area contributed by atoms with Gasteiger partial charge >= 0.3 is 0 Å². The van der Waals surface area contributed by atoms with Crippen molar-refractivity contribution in [2.24, 2.45) is 0 Å². The number of rotatable bonds is 3. The Hall–Kier alpha value is -1.46. The lowest BCUT2D eigenvalue weighted by Gasteiger charge is -2.10. The van der Waals surface area contributed by atoms with Crippen LogP contribution in [0.4, 0.5) is 0 Å². The number of nitrogens with zero attached hydrogens (tertiary/aromatic N) is 1. The van der Waals surface area contributed by atoms with E-state index in [0.29, 0.717) is 11.1 Å². The van der Waals surface area contributed by atoms with Gasteiger partial charge in [0.1, 0.15) is 0 Å². The smallest absolute Gasteiger partial charge is 0.266 e. The van der Waals surface area contributed by atoms with Gasteiger partial charge in [-0.25, -0.2) is 0 Å². The van der Waals surface area contributed by atoms with Gasteiger partial charge in [-0.1, -0.05) is 22.0 Å². The predicted octanol–water partition coefficient (Wildman–Crippen LogP) is 2.16. The number of benzene rings is 1. The summed E-state index contributed by atoms with van der Waals surface area (Å²) in [6, 6.07) is 4.91. The van der Waals surface area contributed by atoms with Crippen molar-refractivity contribution in [3.05, 3.63) is 46.5 Å². The Morgan fingerprint density at radius 3 is 2.69 bits per heavy atom. The summed E-state index contributed by atoms with van der Waals surface area (Å²) in [6.45, 7) is 3.57. The number of hydrogen-bond acceptors (Lipinski definition) is 3. The van der Waals surface area contributed by atoms with Crippen molar-refractivity contribution in [3.8, 4) is 0 Å². The zero-order valence-corrected chi connectivity index (χ0v) is 9.86. The molecule has 5 heteroatoms. The van der Waals surface area contributed by atoms with Gasteiger partial charge in [-0.2, -0.15) is 0 Å². The molecule has 0 bridgehead atoms. The maximum atomic E-state index is 11.8. The van der Waals surface area contributed by atoms with Crippen molar-refractivity contribution in [1.82, 2.24) is 5.06 Å². The minimum absolute atomic E-state index is 0.118. The molecule has 0 spiro atoms. The highest BCUT2D eigenvalue weighted by Gasteiger charge is 2.36. The fourth-order valence-corrected chi connectivity index (χ4v) is 1.80. The molecule has 0 aliphatic carbocycles. The lowest BCUT2D eigenvalue weighted by molar-refractivity contribution is -0.0801. The second-order valence-electron chi connectivity index (χ2n) is 3.18. The van der Waals surface area contributed by atoms with Gasteiger partial charge in [-0.3, -0.25) is 14.4 Å². The maximum Gasteiger partial charge on any atom is 0.285 e. The predicted molar refractivity (Wildman–Crippen MR) is 60.8 cm³/mol. The van der Waals surface area contributed by atoms with Gasteiger partial charge in [-0.05, 0) is 18.2 Å². The zero-order valence-electron chi connectivity index (χ0n) is 8.27. The summed E-state index contributed by atoms with van der Waals surface area (Å²) in [5.74, 6) is -0.877. The van der Waals surface area contributed by atoms with Crippen LogP contribution in [0.25, 0.3) is 0 Å². The number of carbonyl (C=O) groups is 2. The lowest BCUT2D eigenvalue weighted by Crippen LogP contribution is -2.29. The van der Waals surface area contributed by atoms with Crippen LogP contribution >= 0.6 is 15.9 Å². The second kappa shape index (κ2) is 4.19. The molecule has 16 heavy (non-hydrogen) atoms. The van der Waals surface area contributed by atoms with Gasteiger partial charge < -0.3 is 0 Å². The lowest BCUT2D eigenvalue weighted by atomic mass is 10.1. The summed E-state index contributed by atoms with van der Waals surface area (Å²) in [6.07, 6.45) is 1.47. The van der Waals surface area contributed by atoms with Crippen LogP contribution in [0, 0.1) is 0 Å². The van der Waals surface area contributed by atoms with E-state index in [9.17, 15) is 9.59 Å². The summed E-state index contributed by atoms with van der Waals surface area (Å²) in [4.78, 5) is 28.5. The van der Waals surface area contributed by atoms with E-state index in [1.165, 1.54) is 6.08 Å². The summed E-state index contributed by atoms with van der Waals surface area (Å²) < 4.78 is 0.748. The molecule has 0 saturated carbocycles.